The van der Waals surface area contributed by atoms with Gasteiger partial charge in [0.2, 0.25) is 0 Å². The first-order valence-corrected chi connectivity index (χ1v) is 4.65. The van der Waals surface area contributed by atoms with E-state index in [1.54, 1.807) is 6.07 Å². The molecule has 0 spiro atoms. The molecule has 0 bridgehead atoms. The Morgan fingerprint density at radius 2 is 2.06 bits per heavy atom. The molecule has 1 rings (SSSR count). The molecule has 2 nitrogen and oxygen atoms in total. The first-order chi connectivity index (χ1) is 7.44. The highest BCUT2D eigenvalue weighted by atomic mass is 35.5. The second-order valence-corrected chi connectivity index (χ2v) is 3.37. The zero-order valence-electron chi connectivity index (χ0n) is 8.01. The predicted molar refractivity (Wildman–Crippen MR) is 52.3 cm³/mol. The highest BCUT2D eigenvalue weighted by Crippen LogP contribution is 2.30. The number of halogens is 4. The zero-order valence-corrected chi connectivity index (χ0v) is 8.77. The average Bonchev–Trinajstić information content (AvgIpc) is 2.15. The molecule has 0 N–H and O–H groups in total. The predicted octanol–water partition coefficient (Wildman–Crippen LogP) is 3.35. The van der Waals surface area contributed by atoms with Gasteiger partial charge in [-0.1, -0.05) is 23.7 Å². The summed E-state index contributed by atoms with van der Waals surface area (Å²) in [5.41, 5.74) is 0.347. The van der Waals surface area contributed by atoms with Gasteiger partial charge in [-0.05, 0) is 6.07 Å². The molecule has 1 aromatic carbocycles. The Labute approximate surface area is 95.2 Å². The Morgan fingerprint density at radius 3 is 2.62 bits per heavy atom. The van der Waals surface area contributed by atoms with Crippen LogP contribution in [0.3, 0.4) is 0 Å². The fourth-order valence-corrected chi connectivity index (χ4v) is 1.34. The van der Waals surface area contributed by atoms with Crippen LogP contribution in [-0.4, -0.2) is 12.8 Å². The van der Waals surface area contributed by atoms with Crippen LogP contribution >= 0.6 is 11.6 Å². The van der Waals surface area contributed by atoms with Gasteiger partial charge < -0.3 is 4.74 Å². The lowest BCUT2D eigenvalue weighted by Crippen LogP contribution is -2.19. The number of hydrogen-bond donors (Lipinski definition) is 0. The van der Waals surface area contributed by atoms with Crippen LogP contribution in [0.15, 0.2) is 18.2 Å². The zero-order chi connectivity index (χ0) is 12.2. The SMILES string of the molecule is N#CCc1cccc(Cl)c1OCC(F)(F)F. The highest BCUT2D eigenvalue weighted by Gasteiger charge is 2.29. The van der Waals surface area contributed by atoms with E-state index in [0.717, 1.165) is 0 Å². The van der Waals surface area contributed by atoms with E-state index in [1.807, 2.05) is 6.07 Å². The molecule has 0 saturated heterocycles. The molecule has 0 aliphatic rings. The lowest BCUT2D eigenvalue weighted by molar-refractivity contribution is -0.153. The van der Waals surface area contributed by atoms with Gasteiger partial charge in [-0.15, -0.1) is 0 Å². The van der Waals surface area contributed by atoms with Crippen LogP contribution in [0.2, 0.25) is 5.02 Å². The van der Waals surface area contributed by atoms with E-state index in [9.17, 15) is 13.2 Å². The summed E-state index contributed by atoms with van der Waals surface area (Å²) < 4.78 is 40.4. The van der Waals surface area contributed by atoms with Gasteiger partial charge in [0.25, 0.3) is 0 Å². The van der Waals surface area contributed by atoms with E-state index in [1.165, 1.54) is 12.1 Å². The smallest absolute Gasteiger partial charge is 0.422 e. The molecule has 6 heteroatoms. The van der Waals surface area contributed by atoms with Gasteiger partial charge in [0.1, 0.15) is 5.75 Å². The molecule has 0 radical (unpaired) electrons. The Balaban J connectivity index is 2.89. The molecule has 0 aliphatic carbocycles. The summed E-state index contributed by atoms with van der Waals surface area (Å²) in [5.74, 6) is -0.0805. The first-order valence-electron chi connectivity index (χ1n) is 4.28. The summed E-state index contributed by atoms with van der Waals surface area (Å²) in [6, 6.07) is 6.29. The summed E-state index contributed by atoms with van der Waals surface area (Å²) in [6.45, 7) is -1.42. The Kier molecular flexibility index (Phi) is 4.02. The lowest BCUT2D eigenvalue weighted by Gasteiger charge is -2.13. The van der Waals surface area contributed by atoms with Crippen LogP contribution in [0.25, 0.3) is 0 Å². The number of nitrogens with zero attached hydrogens (tertiary/aromatic N) is 1. The van der Waals surface area contributed by atoms with Crippen molar-refractivity contribution in [1.29, 1.82) is 5.26 Å². The van der Waals surface area contributed by atoms with Crippen molar-refractivity contribution in [1.82, 2.24) is 0 Å². The van der Waals surface area contributed by atoms with Crippen molar-refractivity contribution >= 4 is 11.6 Å². The molecule has 0 saturated carbocycles. The van der Waals surface area contributed by atoms with Crippen LogP contribution in [0.5, 0.6) is 5.75 Å². The summed E-state index contributed by atoms with van der Waals surface area (Å²) in [4.78, 5) is 0. The lowest BCUT2D eigenvalue weighted by atomic mass is 10.1. The largest absolute Gasteiger partial charge is 0.482 e. The maximum Gasteiger partial charge on any atom is 0.422 e. The minimum Gasteiger partial charge on any atom is -0.482 e. The summed E-state index contributed by atoms with van der Waals surface area (Å²) in [6.07, 6.45) is -4.48. The fourth-order valence-electron chi connectivity index (χ4n) is 1.09. The van der Waals surface area contributed by atoms with E-state index < -0.39 is 12.8 Å². The normalized spacial score (nSPS) is 10.9. The van der Waals surface area contributed by atoms with Gasteiger partial charge in [-0.3, -0.25) is 0 Å². The van der Waals surface area contributed by atoms with Crippen LogP contribution in [-0.2, 0) is 6.42 Å². The van der Waals surface area contributed by atoms with Crippen LogP contribution in [0.4, 0.5) is 13.2 Å². The molecule has 86 valence electrons. The molecule has 0 fully saturated rings. The second kappa shape index (κ2) is 5.08. The molecule has 0 unspecified atom stereocenters. The minimum atomic E-state index is -4.43. The van der Waals surface area contributed by atoms with Crippen molar-refractivity contribution in [2.75, 3.05) is 6.61 Å². The summed E-state index contributed by atoms with van der Waals surface area (Å²) in [7, 11) is 0. The number of para-hydroxylation sites is 1. The molecular formula is C10H7ClF3NO. The Bertz CT molecular complexity index is 412. The third-order valence-electron chi connectivity index (χ3n) is 1.70. The third-order valence-corrected chi connectivity index (χ3v) is 2.00. The van der Waals surface area contributed by atoms with Gasteiger partial charge >= 0.3 is 6.18 Å². The number of rotatable bonds is 3. The highest BCUT2D eigenvalue weighted by molar-refractivity contribution is 6.32. The maximum absolute atomic E-state index is 12.0. The monoisotopic (exact) mass is 249 g/mol. The van der Waals surface area contributed by atoms with E-state index in [4.69, 9.17) is 16.9 Å². The molecule has 0 aliphatic heterocycles. The van der Waals surface area contributed by atoms with Gasteiger partial charge in [-0.25, -0.2) is 0 Å². The number of ether oxygens (including phenoxy) is 1. The number of hydrogen-bond acceptors (Lipinski definition) is 2. The van der Waals surface area contributed by atoms with Crippen molar-refractivity contribution in [3.8, 4) is 11.8 Å². The number of benzene rings is 1. The van der Waals surface area contributed by atoms with E-state index in [2.05, 4.69) is 4.74 Å². The van der Waals surface area contributed by atoms with Gasteiger partial charge in [0, 0.05) is 5.56 Å². The second-order valence-electron chi connectivity index (χ2n) is 2.97. The first kappa shape index (κ1) is 12.7. The standard InChI is InChI=1S/C10H7ClF3NO/c11-8-3-1-2-7(4-5-15)9(8)16-6-10(12,13)14/h1-3H,4,6H2. The Hall–Kier alpha value is -1.41. The van der Waals surface area contributed by atoms with Gasteiger partial charge in [-0.2, -0.15) is 18.4 Å². The van der Waals surface area contributed by atoms with Crippen molar-refractivity contribution in [2.45, 2.75) is 12.6 Å². The molecule has 16 heavy (non-hydrogen) atoms. The van der Waals surface area contributed by atoms with E-state index >= 15 is 0 Å². The summed E-state index contributed by atoms with van der Waals surface area (Å²) in [5, 5.41) is 8.56. The molecule has 0 heterocycles. The third kappa shape index (κ3) is 3.63. The number of alkyl halides is 3. The molecule has 1 aromatic rings. The van der Waals surface area contributed by atoms with Gasteiger partial charge in [0.15, 0.2) is 6.61 Å². The van der Waals surface area contributed by atoms with E-state index in [-0.39, 0.29) is 17.2 Å². The minimum absolute atomic E-state index is 0.0479. The average molecular weight is 250 g/mol. The topological polar surface area (TPSA) is 33.0 Å². The summed E-state index contributed by atoms with van der Waals surface area (Å²) >= 11 is 5.69. The Morgan fingerprint density at radius 1 is 1.38 bits per heavy atom. The molecule has 0 amide bonds. The van der Waals surface area contributed by atoms with Crippen molar-refractivity contribution in [3.05, 3.63) is 28.8 Å². The molecular weight excluding hydrogens is 243 g/mol. The van der Waals surface area contributed by atoms with Crippen molar-refractivity contribution in [3.63, 3.8) is 0 Å². The maximum atomic E-state index is 12.0. The van der Waals surface area contributed by atoms with E-state index in [0.29, 0.717) is 5.56 Å². The molecule has 0 atom stereocenters. The van der Waals surface area contributed by atoms with Crippen LogP contribution in [0, 0.1) is 11.3 Å². The van der Waals surface area contributed by atoms with Crippen molar-refractivity contribution < 1.29 is 17.9 Å². The van der Waals surface area contributed by atoms with Crippen LogP contribution in [0.1, 0.15) is 5.56 Å². The fraction of sp³-hybridized carbons (Fsp3) is 0.300. The molecule has 0 aromatic heterocycles. The quantitative estimate of drug-likeness (QED) is 0.823. The van der Waals surface area contributed by atoms with Crippen molar-refractivity contribution in [2.24, 2.45) is 0 Å². The number of nitriles is 1. The van der Waals surface area contributed by atoms with Crippen LogP contribution < -0.4 is 4.74 Å². The van der Waals surface area contributed by atoms with Gasteiger partial charge in [0.05, 0.1) is 17.5 Å².